The first-order chi connectivity index (χ1) is 11.3. The monoisotopic (exact) mass is 357 g/mol. The molecule has 2 fully saturated rings. The van der Waals surface area contributed by atoms with Crippen molar-refractivity contribution in [3.63, 3.8) is 0 Å². The second-order valence-electron chi connectivity index (χ2n) is 6.06. The second-order valence-corrected chi connectivity index (χ2v) is 7.87. The zero-order chi connectivity index (χ0) is 17.6. The minimum atomic E-state index is -3.94. The third kappa shape index (κ3) is 2.42. The molecule has 2 saturated heterocycles. The number of carbonyl (C=O) groups is 2. The van der Waals surface area contributed by atoms with Gasteiger partial charge in [-0.3, -0.25) is 4.79 Å². The number of sulfonamides is 1. The van der Waals surface area contributed by atoms with E-state index in [0.29, 0.717) is 19.3 Å². The third-order valence-corrected chi connectivity index (χ3v) is 6.85. The lowest BCUT2D eigenvalue weighted by Gasteiger charge is -2.22. The number of carboxylic acids is 1. The Balaban J connectivity index is 2.01. The fourth-order valence-corrected chi connectivity index (χ4v) is 5.92. The van der Waals surface area contributed by atoms with Crippen molar-refractivity contribution < 1.29 is 32.3 Å². The molecule has 3 unspecified atom stereocenters. The Labute approximate surface area is 139 Å². The van der Waals surface area contributed by atoms with E-state index in [1.54, 1.807) is 6.92 Å². The molecule has 1 N–H and O–H groups in total. The summed E-state index contributed by atoms with van der Waals surface area (Å²) in [6.07, 6.45) is 1.79. The van der Waals surface area contributed by atoms with Crippen LogP contribution in [-0.4, -0.2) is 49.0 Å². The van der Waals surface area contributed by atoms with Crippen LogP contribution in [-0.2, 0) is 26.0 Å². The van der Waals surface area contributed by atoms with Crippen molar-refractivity contribution in [2.75, 3.05) is 7.11 Å². The molecule has 2 aliphatic rings. The van der Waals surface area contributed by atoms with Gasteiger partial charge in [-0.2, -0.15) is 4.31 Å². The van der Waals surface area contributed by atoms with Gasteiger partial charge in [0, 0.05) is 24.6 Å². The van der Waals surface area contributed by atoms with Crippen molar-refractivity contribution in [2.45, 2.75) is 49.6 Å². The molecular weight excluding hydrogens is 338 g/mol. The standard InChI is InChI=1S/C15H19NO7S/c1-3-11-13(7-12(23-11)15(19)22-2)24(20,21)16-8-4-5-10(16)9(6-8)14(17)18/h7-10H,3-6H2,1-2H3,(H,17,18). The number of aryl methyl sites for hydroxylation is 1. The number of carbonyl (C=O) groups excluding carboxylic acids is 1. The molecule has 0 spiro atoms. The van der Waals surface area contributed by atoms with Gasteiger partial charge in [0.15, 0.2) is 0 Å². The first-order valence-corrected chi connectivity index (χ1v) is 9.22. The van der Waals surface area contributed by atoms with E-state index < -0.39 is 33.9 Å². The SMILES string of the molecule is CCc1oc(C(=O)OC)cc1S(=O)(=O)N1C2CCC1C(C(=O)O)C2. The molecule has 0 radical (unpaired) electrons. The maximum absolute atomic E-state index is 13.1. The topological polar surface area (TPSA) is 114 Å². The Hall–Kier alpha value is -1.87. The number of nitrogens with zero attached hydrogens (tertiary/aromatic N) is 1. The van der Waals surface area contributed by atoms with Crippen LogP contribution < -0.4 is 0 Å². The first-order valence-electron chi connectivity index (χ1n) is 7.78. The molecule has 3 rings (SSSR count). The molecule has 0 aromatic carbocycles. The van der Waals surface area contributed by atoms with Gasteiger partial charge in [-0.15, -0.1) is 0 Å². The summed E-state index contributed by atoms with van der Waals surface area (Å²) in [6.45, 7) is 1.72. The highest BCUT2D eigenvalue weighted by molar-refractivity contribution is 7.89. The lowest BCUT2D eigenvalue weighted by Crippen LogP contribution is -2.38. The number of aliphatic carboxylic acids is 1. The Morgan fingerprint density at radius 1 is 1.42 bits per heavy atom. The number of carboxylic acid groups (broad SMARTS) is 1. The van der Waals surface area contributed by atoms with Crippen molar-refractivity contribution in [3.8, 4) is 0 Å². The van der Waals surface area contributed by atoms with Gasteiger partial charge >= 0.3 is 11.9 Å². The van der Waals surface area contributed by atoms with Crippen LogP contribution in [0.2, 0.25) is 0 Å². The maximum atomic E-state index is 13.1. The van der Waals surface area contributed by atoms with Gasteiger partial charge in [-0.1, -0.05) is 6.92 Å². The minimum absolute atomic E-state index is 0.0756. The van der Waals surface area contributed by atoms with Gasteiger partial charge in [-0.05, 0) is 19.3 Å². The molecule has 8 nitrogen and oxygen atoms in total. The molecule has 132 valence electrons. The molecule has 2 bridgehead atoms. The van der Waals surface area contributed by atoms with E-state index in [9.17, 15) is 23.1 Å². The Morgan fingerprint density at radius 3 is 2.67 bits per heavy atom. The molecule has 1 aromatic heterocycles. The number of hydrogen-bond donors (Lipinski definition) is 1. The highest BCUT2D eigenvalue weighted by Gasteiger charge is 2.55. The third-order valence-electron chi connectivity index (χ3n) is 4.82. The van der Waals surface area contributed by atoms with Gasteiger partial charge in [0.05, 0.1) is 13.0 Å². The maximum Gasteiger partial charge on any atom is 0.373 e. The van der Waals surface area contributed by atoms with E-state index >= 15 is 0 Å². The van der Waals surface area contributed by atoms with Crippen LogP contribution in [0.1, 0.15) is 42.5 Å². The van der Waals surface area contributed by atoms with Gasteiger partial charge in [0.2, 0.25) is 15.8 Å². The van der Waals surface area contributed by atoms with Crippen LogP contribution in [0.3, 0.4) is 0 Å². The summed E-state index contributed by atoms with van der Waals surface area (Å²) in [4.78, 5) is 22.9. The largest absolute Gasteiger partial charge is 0.481 e. The predicted octanol–water partition coefficient (Wildman–Crippen LogP) is 1.25. The van der Waals surface area contributed by atoms with Crippen molar-refractivity contribution in [3.05, 3.63) is 17.6 Å². The molecule has 0 saturated carbocycles. The van der Waals surface area contributed by atoms with Crippen molar-refractivity contribution in [1.82, 2.24) is 4.31 Å². The molecule has 2 aliphatic heterocycles. The summed E-state index contributed by atoms with van der Waals surface area (Å²) >= 11 is 0. The highest BCUT2D eigenvalue weighted by Crippen LogP contribution is 2.45. The average Bonchev–Trinajstić information content (AvgIpc) is 3.25. The van der Waals surface area contributed by atoms with Crippen LogP contribution in [0.15, 0.2) is 15.4 Å². The van der Waals surface area contributed by atoms with E-state index in [0.717, 1.165) is 0 Å². The fraction of sp³-hybridized carbons (Fsp3) is 0.600. The number of esters is 1. The number of rotatable bonds is 5. The Bertz CT molecular complexity index is 782. The van der Waals surface area contributed by atoms with Crippen LogP contribution in [0.4, 0.5) is 0 Å². The van der Waals surface area contributed by atoms with Gasteiger partial charge in [-0.25, -0.2) is 13.2 Å². The van der Waals surface area contributed by atoms with Gasteiger partial charge in [0.25, 0.3) is 0 Å². The van der Waals surface area contributed by atoms with Crippen LogP contribution in [0, 0.1) is 5.92 Å². The molecular formula is C15H19NO7S. The van der Waals surface area contributed by atoms with Crippen LogP contribution in [0.25, 0.3) is 0 Å². The highest BCUT2D eigenvalue weighted by atomic mass is 32.2. The molecule has 0 aliphatic carbocycles. The lowest BCUT2D eigenvalue weighted by atomic mass is 9.89. The summed E-state index contributed by atoms with van der Waals surface area (Å²) in [5.41, 5.74) is 0. The number of methoxy groups -OCH3 is 1. The first kappa shape index (κ1) is 17.0. The van der Waals surface area contributed by atoms with Crippen molar-refractivity contribution >= 4 is 22.0 Å². The molecule has 1 aromatic rings. The van der Waals surface area contributed by atoms with Crippen molar-refractivity contribution in [2.24, 2.45) is 5.92 Å². The summed E-state index contributed by atoms with van der Waals surface area (Å²) in [5, 5.41) is 9.30. The fourth-order valence-electron chi connectivity index (χ4n) is 3.77. The Morgan fingerprint density at radius 2 is 2.12 bits per heavy atom. The van der Waals surface area contributed by atoms with Crippen LogP contribution >= 0.6 is 0 Å². The second kappa shape index (κ2) is 5.89. The van der Waals surface area contributed by atoms with Gasteiger partial charge in [0.1, 0.15) is 10.7 Å². The molecule has 0 amide bonds. The van der Waals surface area contributed by atoms with Gasteiger partial charge < -0.3 is 14.3 Å². The molecule has 24 heavy (non-hydrogen) atoms. The van der Waals surface area contributed by atoms with E-state index in [2.05, 4.69) is 4.74 Å². The molecule has 9 heteroatoms. The van der Waals surface area contributed by atoms with E-state index in [4.69, 9.17) is 4.42 Å². The minimum Gasteiger partial charge on any atom is -0.481 e. The zero-order valence-electron chi connectivity index (χ0n) is 13.4. The summed E-state index contributed by atoms with van der Waals surface area (Å²) in [7, 11) is -2.75. The quantitative estimate of drug-likeness (QED) is 0.789. The van der Waals surface area contributed by atoms with E-state index in [-0.39, 0.29) is 28.9 Å². The predicted molar refractivity (Wildman–Crippen MR) is 81.0 cm³/mol. The number of fused-ring (bicyclic) bond motifs is 2. The number of furan rings is 1. The normalized spacial score (nSPS) is 26.7. The summed E-state index contributed by atoms with van der Waals surface area (Å²) < 4.78 is 37.4. The van der Waals surface area contributed by atoms with Crippen molar-refractivity contribution in [1.29, 1.82) is 0 Å². The lowest BCUT2D eigenvalue weighted by molar-refractivity contribution is -0.142. The summed E-state index contributed by atoms with van der Waals surface area (Å²) in [5.74, 6) is -2.40. The zero-order valence-corrected chi connectivity index (χ0v) is 14.2. The molecule has 3 heterocycles. The van der Waals surface area contributed by atoms with E-state index in [1.165, 1.54) is 17.5 Å². The van der Waals surface area contributed by atoms with E-state index in [1.807, 2.05) is 0 Å². The number of ether oxygens (including phenoxy) is 1. The smallest absolute Gasteiger partial charge is 0.373 e. The molecule has 3 atom stereocenters. The summed E-state index contributed by atoms with van der Waals surface area (Å²) in [6, 6.07) is 0.314. The Kier molecular flexibility index (Phi) is 4.16. The number of hydrogen-bond acceptors (Lipinski definition) is 6. The van der Waals surface area contributed by atoms with Crippen LogP contribution in [0.5, 0.6) is 0 Å². The average molecular weight is 357 g/mol.